The highest BCUT2D eigenvalue weighted by Crippen LogP contribution is 2.23. The second kappa shape index (κ2) is 4.64. The van der Waals surface area contributed by atoms with Gasteiger partial charge in [-0.25, -0.2) is 0 Å². The fraction of sp³-hybridized carbons (Fsp3) is 0.417. The first-order valence-electron chi connectivity index (χ1n) is 5.35. The topological polar surface area (TPSA) is 20.3 Å². The molecule has 0 N–H and O–H groups in total. The number of likely N-dealkylation sites (tertiary alicyclic amines) is 1. The summed E-state index contributed by atoms with van der Waals surface area (Å²) in [6.07, 6.45) is 2.14. The number of hydrogen-bond acceptors (Lipinski definition) is 1. The maximum absolute atomic E-state index is 12.2. The quantitative estimate of drug-likeness (QED) is 0.753. The van der Waals surface area contributed by atoms with Gasteiger partial charge >= 0.3 is 0 Å². The molecule has 2 nitrogen and oxygen atoms in total. The Morgan fingerprint density at radius 2 is 1.94 bits per heavy atom. The Kier molecular flexibility index (Phi) is 3.41. The molecule has 86 valence electrons. The van der Waals surface area contributed by atoms with E-state index in [-0.39, 0.29) is 5.91 Å². The summed E-state index contributed by atoms with van der Waals surface area (Å²) in [5, 5.41) is 1.01. The van der Waals surface area contributed by atoms with Gasteiger partial charge in [0.05, 0.1) is 0 Å². The summed E-state index contributed by atoms with van der Waals surface area (Å²) in [6, 6.07) is 5.28. The van der Waals surface area contributed by atoms with Crippen molar-refractivity contribution in [3.05, 3.63) is 33.8 Å². The Balaban J connectivity index is 2.26. The molecule has 1 aliphatic rings. The van der Waals surface area contributed by atoms with Crippen molar-refractivity contribution < 1.29 is 4.79 Å². The van der Waals surface area contributed by atoms with Crippen molar-refractivity contribution in [2.45, 2.75) is 25.8 Å². The van der Waals surface area contributed by atoms with Gasteiger partial charge in [-0.2, -0.15) is 0 Å². The van der Waals surface area contributed by atoms with E-state index in [1.165, 1.54) is 0 Å². The van der Waals surface area contributed by atoms with Crippen molar-refractivity contribution in [1.82, 2.24) is 4.90 Å². The molecule has 4 heteroatoms. The predicted molar refractivity (Wildman–Crippen MR) is 66.2 cm³/mol. The van der Waals surface area contributed by atoms with Gasteiger partial charge in [-0.1, -0.05) is 23.2 Å². The predicted octanol–water partition coefficient (Wildman–Crippen LogP) is 3.62. The summed E-state index contributed by atoms with van der Waals surface area (Å²) < 4.78 is 0. The molecule has 1 saturated heterocycles. The third kappa shape index (κ3) is 2.33. The lowest BCUT2D eigenvalue weighted by molar-refractivity contribution is 0.0747. The molecule has 1 aromatic carbocycles. The van der Waals surface area contributed by atoms with E-state index in [9.17, 15) is 4.79 Å². The number of nitrogens with zero attached hydrogens (tertiary/aromatic N) is 1. The zero-order valence-corrected chi connectivity index (χ0v) is 10.6. The van der Waals surface area contributed by atoms with Gasteiger partial charge in [0.2, 0.25) is 0 Å². The van der Waals surface area contributed by atoms with Gasteiger partial charge in [0.15, 0.2) is 0 Å². The minimum Gasteiger partial charge on any atom is -0.336 e. The van der Waals surface area contributed by atoms with Crippen LogP contribution in [0.3, 0.4) is 0 Å². The maximum atomic E-state index is 12.2. The number of amides is 1. The Bertz CT molecular complexity index is 399. The van der Waals surface area contributed by atoms with E-state index >= 15 is 0 Å². The summed E-state index contributed by atoms with van der Waals surface area (Å²) in [6.45, 7) is 2.89. The van der Waals surface area contributed by atoms with Gasteiger partial charge in [-0.3, -0.25) is 4.79 Å². The Morgan fingerprint density at radius 3 is 2.44 bits per heavy atom. The van der Waals surface area contributed by atoms with Crippen molar-refractivity contribution in [3.63, 3.8) is 0 Å². The van der Waals surface area contributed by atoms with Crippen LogP contribution >= 0.6 is 23.2 Å². The zero-order chi connectivity index (χ0) is 11.7. The number of hydrogen-bond donors (Lipinski definition) is 0. The monoisotopic (exact) mass is 257 g/mol. The molecular weight excluding hydrogens is 245 g/mol. The molecule has 1 atom stereocenters. The highest BCUT2D eigenvalue weighted by Gasteiger charge is 2.26. The number of benzene rings is 1. The number of carbonyl (C=O) groups is 1. The largest absolute Gasteiger partial charge is 0.336 e. The second-order valence-electron chi connectivity index (χ2n) is 4.15. The highest BCUT2D eigenvalue weighted by molar-refractivity contribution is 6.35. The van der Waals surface area contributed by atoms with Crippen LogP contribution in [-0.4, -0.2) is 23.4 Å². The smallest absolute Gasteiger partial charge is 0.254 e. The number of rotatable bonds is 1. The van der Waals surface area contributed by atoms with E-state index in [1.807, 2.05) is 4.90 Å². The molecule has 0 aromatic heterocycles. The lowest BCUT2D eigenvalue weighted by Gasteiger charge is -2.21. The molecule has 0 radical (unpaired) electrons. The van der Waals surface area contributed by atoms with Crippen molar-refractivity contribution in [3.8, 4) is 0 Å². The van der Waals surface area contributed by atoms with E-state index in [1.54, 1.807) is 18.2 Å². The van der Waals surface area contributed by atoms with E-state index < -0.39 is 0 Å². The molecule has 1 unspecified atom stereocenters. The third-order valence-corrected chi connectivity index (χ3v) is 3.36. The van der Waals surface area contributed by atoms with Crippen LogP contribution < -0.4 is 0 Å². The van der Waals surface area contributed by atoms with Crippen molar-refractivity contribution in [1.29, 1.82) is 0 Å². The molecular formula is C12H13Cl2NO. The fourth-order valence-electron chi connectivity index (χ4n) is 2.08. The minimum absolute atomic E-state index is 0.0226. The molecule has 16 heavy (non-hydrogen) atoms. The Labute approximate surface area is 105 Å². The highest BCUT2D eigenvalue weighted by atomic mass is 35.5. The van der Waals surface area contributed by atoms with Crippen molar-refractivity contribution in [2.24, 2.45) is 0 Å². The SMILES string of the molecule is CC1CCCN1C(=O)c1cc(Cl)cc(Cl)c1. The zero-order valence-electron chi connectivity index (χ0n) is 9.04. The molecule has 0 spiro atoms. The van der Waals surface area contributed by atoms with Crippen LogP contribution in [0.15, 0.2) is 18.2 Å². The van der Waals surface area contributed by atoms with Gasteiger partial charge < -0.3 is 4.90 Å². The average molecular weight is 258 g/mol. The molecule has 1 amide bonds. The molecule has 1 fully saturated rings. The summed E-state index contributed by atoms with van der Waals surface area (Å²) in [5.41, 5.74) is 0.575. The lowest BCUT2D eigenvalue weighted by Crippen LogP contribution is -2.33. The van der Waals surface area contributed by atoms with Crippen molar-refractivity contribution >= 4 is 29.1 Å². The molecule has 1 aliphatic heterocycles. The number of carbonyl (C=O) groups excluding carboxylic acids is 1. The first kappa shape index (κ1) is 11.7. The van der Waals surface area contributed by atoms with E-state index in [0.29, 0.717) is 21.7 Å². The summed E-state index contributed by atoms with van der Waals surface area (Å²) in [7, 11) is 0. The Hall–Kier alpha value is -0.730. The lowest BCUT2D eigenvalue weighted by atomic mass is 10.2. The summed E-state index contributed by atoms with van der Waals surface area (Å²) in [5.74, 6) is 0.0226. The third-order valence-electron chi connectivity index (χ3n) is 2.92. The second-order valence-corrected chi connectivity index (χ2v) is 5.02. The van der Waals surface area contributed by atoms with E-state index in [4.69, 9.17) is 23.2 Å². The van der Waals surface area contributed by atoms with Crippen molar-refractivity contribution in [2.75, 3.05) is 6.54 Å². The fourth-order valence-corrected chi connectivity index (χ4v) is 2.60. The van der Waals surface area contributed by atoms with Crippen LogP contribution in [0.4, 0.5) is 0 Å². The van der Waals surface area contributed by atoms with Crippen LogP contribution in [0.1, 0.15) is 30.1 Å². The molecule has 0 bridgehead atoms. The minimum atomic E-state index is 0.0226. The summed E-state index contributed by atoms with van der Waals surface area (Å²) in [4.78, 5) is 14.0. The van der Waals surface area contributed by atoms with Crippen LogP contribution in [-0.2, 0) is 0 Å². The van der Waals surface area contributed by atoms with Gasteiger partial charge in [-0.05, 0) is 38.0 Å². The van der Waals surface area contributed by atoms with Crippen LogP contribution in [0, 0.1) is 0 Å². The normalized spacial score (nSPS) is 20.2. The van der Waals surface area contributed by atoms with E-state index in [2.05, 4.69) is 6.92 Å². The molecule has 0 aliphatic carbocycles. The summed E-state index contributed by atoms with van der Waals surface area (Å²) >= 11 is 11.8. The van der Waals surface area contributed by atoms with Gasteiger partial charge in [-0.15, -0.1) is 0 Å². The molecule has 1 aromatic rings. The van der Waals surface area contributed by atoms with Gasteiger partial charge in [0.25, 0.3) is 5.91 Å². The first-order chi connectivity index (χ1) is 7.58. The molecule has 1 heterocycles. The molecule has 2 rings (SSSR count). The number of halogens is 2. The van der Waals surface area contributed by atoms with E-state index in [0.717, 1.165) is 19.4 Å². The van der Waals surface area contributed by atoms with Gasteiger partial charge in [0, 0.05) is 28.2 Å². The van der Waals surface area contributed by atoms with Gasteiger partial charge in [0.1, 0.15) is 0 Å². The Morgan fingerprint density at radius 1 is 1.31 bits per heavy atom. The van der Waals surface area contributed by atoms with Crippen LogP contribution in [0.25, 0.3) is 0 Å². The standard InChI is InChI=1S/C12H13Cl2NO/c1-8-3-2-4-15(8)12(16)9-5-10(13)7-11(14)6-9/h5-8H,2-4H2,1H3. The molecule has 0 saturated carbocycles. The maximum Gasteiger partial charge on any atom is 0.254 e. The average Bonchev–Trinajstić information content (AvgIpc) is 2.62. The van der Waals surface area contributed by atoms with Crippen LogP contribution in [0.5, 0.6) is 0 Å². The van der Waals surface area contributed by atoms with Crippen LogP contribution in [0.2, 0.25) is 10.0 Å². The first-order valence-corrected chi connectivity index (χ1v) is 6.10.